The number of benzene rings is 1. The van der Waals surface area contributed by atoms with E-state index >= 15 is 0 Å². The summed E-state index contributed by atoms with van der Waals surface area (Å²) in [4.78, 5) is 21.5. The summed E-state index contributed by atoms with van der Waals surface area (Å²) in [6, 6.07) is 8.98. The van der Waals surface area contributed by atoms with Gasteiger partial charge in [0.2, 0.25) is 5.91 Å². The van der Waals surface area contributed by atoms with Gasteiger partial charge in [-0.1, -0.05) is 0 Å². The second-order valence-corrected chi connectivity index (χ2v) is 8.22. The van der Waals surface area contributed by atoms with Crippen LogP contribution in [-0.2, 0) is 4.79 Å². The molecule has 6 heteroatoms. The topological polar surface area (TPSA) is 57.7 Å². The van der Waals surface area contributed by atoms with Crippen LogP contribution in [0.3, 0.4) is 0 Å². The zero-order valence-corrected chi connectivity index (χ0v) is 17.6. The predicted molar refractivity (Wildman–Crippen MR) is 116 cm³/mol. The van der Waals surface area contributed by atoms with Crippen LogP contribution in [-0.4, -0.2) is 65.6 Å². The van der Waals surface area contributed by atoms with Crippen molar-refractivity contribution in [2.75, 3.05) is 38.1 Å². The van der Waals surface area contributed by atoms with Crippen molar-refractivity contribution in [3.8, 4) is 5.75 Å². The van der Waals surface area contributed by atoms with Gasteiger partial charge in [0.15, 0.2) is 0 Å². The molecule has 1 aromatic heterocycles. The van der Waals surface area contributed by atoms with Gasteiger partial charge in [0.25, 0.3) is 0 Å². The lowest BCUT2D eigenvalue weighted by atomic mass is 10.0. The maximum absolute atomic E-state index is 12.6. The maximum Gasteiger partial charge on any atom is 0.236 e. The zero-order chi connectivity index (χ0) is 20.2. The normalized spacial score (nSPS) is 20.9. The Morgan fingerprint density at radius 1 is 1.21 bits per heavy atom. The Morgan fingerprint density at radius 3 is 2.76 bits per heavy atom. The molecule has 1 N–H and O–H groups in total. The Labute approximate surface area is 173 Å². The van der Waals surface area contributed by atoms with Crippen LogP contribution in [0.5, 0.6) is 5.75 Å². The highest BCUT2D eigenvalue weighted by Gasteiger charge is 2.28. The highest BCUT2D eigenvalue weighted by molar-refractivity contribution is 5.95. The average molecular weight is 397 g/mol. The summed E-state index contributed by atoms with van der Waals surface area (Å²) in [6.45, 7) is 8.19. The molecule has 2 aromatic rings. The first-order valence-corrected chi connectivity index (χ1v) is 10.9. The summed E-state index contributed by atoms with van der Waals surface area (Å²) in [6.07, 6.45) is 6.17. The summed E-state index contributed by atoms with van der Waals surface area (Å²) in [7, 11) is 0. The van der Waals surface area contributed by atoms with E-state index in [4.69, 9.17) is 4.74 Å². The third kappa shape index (κ3) is 4.47. The molecule has 0 bridgehead atoms. The molecule has 0 unspecified atom stereocenters. The number of likely N-dealkylation sites (tertiary alicyclic amines) is 2. The average Bonchev–Trinajstić information content (AvgIpc) is 3.17. The molecule has 6 nitrogen and oxygen atoms in total. The van der Waals surface area contributed by atoms with Gasteiger partial charge < -0.3 is 15.0 Å². The molecule has 29 heavy (non-hydrogen) atoms. The molecule has 2 aliphatic heterocycles. The molecular weight excluding hydrogens is 364 g/mol. The Bertz CT molecular complexity index is 848. The number of hydrogen-bond acceptors (Lipinski definition) is 5. The summed E-state index contributed by atoms with van der Waals surface area (Å²) < 4.78 is 5.73. The lowest BCUT2D eigenvalue weighted by molar-refractivity contribution is -0.133. The van der Waals surface area contributed by atoms with Gasteiger partial charge in [-0.15, -0.1) is 0 Å². The van der Waals surface area contributed by atoms with Crippen molar-refractivity contribution in [1.82, 2.24) is 14.8 Å². The number of rotatable bonds is 6. The Balaban J connectivity index is 1.35. The maximum atomic E-state index is 12.6. The van der Waals surface area contributed by atoms with E-state index in [0.717, 1.165) is 67.7 Å². The lowest BCUT2D eigenvalue weighted by Crippen LogP contribution is -2.46. The van der Waals surface area contributed by atoms with E-state index in [9.17, 15) is 4.79 Å². The first-order valence-electron chi connectivity index (χ1n) is 10.9. The van der Waals surface area contributed by atoms with Crippen LogP contribution in [0, 0.1) is 0 Å². The molecular formula is C23H32N4O2. The summed E-state index contributed by atoms with van der Waals surface area (Å²) in [5.41, 5.74) is 2.01. The van der Waals surface area contributed by atoms with E-state index in [1.54, 1.807) is 0 Å². The number of aromatic nitrogens is 1. The first-order chi connectivity index (χ1) is 14.2. The van der Waals surface area contributed by atoms with E-state index in [1.165, 1.54) is 0 Å². The van der Waals surface area contributed by atoms with Gasteiger partial charge in [0, 0.05) is 49.0 Å². The van der Waals surface area contributed by atoms with Gasteiger partial charge in [-0.25, -0.2) is 0 Å². The summed E-state index contributed by atoms with van der Waals surface area (Å²) in [5.74, 6) is 1.13. The molecule has 1 amide bonds. The number of nitrogens with zero attached hydrogens (tertiary/aromatic N) is 3. The Morgan fingerprint density at radius 2 is 2.03 bits per heavy atom. The minimum Gasteiger partial charge on any atom is -0.492 e. The second kappa shape index (κ2) is 8.99. The van der Waals surface area contributed by atoms with Gasteiger partial charge in [-0.2, -0.15) is 0 Å². The fourth-order valence-electron chi connectivity index (χ4n) is 4.59. The van der Waals surface area contributed by atoms with E-state index in [0.29, 0.717) is 31.1 Å². The van der Waals surface area contributed by atoms with Gasteiger partial charge >= 0.3 is 0 Å². The van der Waals surface area contributed by atoms with Crippen molar-refractivity contribution < 1.29 is 9.53 Å². The quantitative estimate of drug-likeness (QED) is 0.810. The zero-order valence-electron chi connectivity index (χ0n) is 17.6. The molecule has 1 atom stereocenters. The molecule has 0 aliphatic carbocycles. The molecule has 0 spiro atoms. The minimum atomic E-state index is 0.296. The molecule has 0 radical (unpaired) electrons. The van der Waals surface area contributed by atoms with E-state index < -0.39 is 0 Å². The van der Waals surface area contributed by atoms with E-state index in [1.807, 2.05) is 25.3 Å². The van der Waals surface area contributed by atoms with Crippen LogP contribution in [0.15, 0.2) is 30.5 Å². The SMILES string of the molecule is CCOc1ccc(NC2CCN(CC(=O)N3CCC[C@H]3C)CC2)c2cccnc12. The summed E-state index contributed by atoms with van der Waals surface area (Å²) in [5, 5.41) is 4.81. The molecule has 2 fully saturated rings. The number of fused-ring (bicyclic) bond motifs is 1. The smallest absolute Gasteiger partial charge is 0.236 e. The van der Waals surface area contributed by atoms with E-state index in [2.05, 4.69) is 39.2 Å². The third-order valence-electron chi connectivity index (χ3n) is 6.21. The molecule has 2 saturated heterocycles. The number of piperidine rings is 1. The largest absolute Gasteiger partial charge is 0.492 e. The number of hydrogen-bond donors (Lipinski definition) is 1. The monoisotopic (exact) mass is 396 g/mol. The number of nitrogens with one attached hydrogen (secondary N) is 1. The number of ether oxygens (including phenoxy) is 1. The first kappa shape index (κ1) is 20.0. The lowest BCUT2D eigenvalue weighted by Gasteiger charge is -2.34. The van der Waals surface area contributed by atoms with Crippen LogP contribution in [0.1, 0.15) is 39.5 Å². The van der Waals surface area contributed by atoms with Gasteiger partial charge in [0.05, 0.1) is 13.2 Å². The van der Waals surface area contributed by atoms with Crippen LogP contribution in [0.2, 0.25) is 0 Å². The van der Waals surface area contributed by atoms with Crippen LogP contribution in [0.4, 0.5) is 5.69 Å². The fraction of sp³-hybridized carbons (Fsp3) is 0.565. The third-order valence-corrected chi connectivity index (χ3v) is 6.21. The molecule has 2 aliphatic rings. The minimum absolute atomic E-state index is 0.296. The van der Waals surface area contributed by atoms with Crippen molar-refractivity contribution in [3.05, 3.63) is 30.5 Å². The molecule has 156 valence electrons. The Hall–Kier alpha value is -2.34. The molecule has 4 rings (SSSR count). The molecule has 0 saturated carbocycles. The Kier molecular flexibility index (Phi) is 6.19. The van der Waals surface area contributed by atoms with Crippen LogP contribution < -0.4 is 10.1 Å². The van der Waals surface area contributed by atoms with Crippen molar-refractivity contribution in [2.45, 2.75) is 51.6 Å². The number of anilines is 1. The van der Waals surface area contributed by atoms with Crippen molar-refractivity contribution in [1.29, 1.82) is 0 Å². The van der Waals surface area contributed by atoms with Crippen molar-refractivity contribution in [3.63, 3.8) is 0 Å². The molecule has 1 aromatic carbocycles. The standard InChI is InChI=1S/C23H32N4O2/c1-3-29-21-9-8-20(19-7-4-12-24-23(19)21)25-18-10-14-26(15-11-18)16-22(28)27-13-5-6-17(27)2/h4,7-9,12,17-18,25H,3,5-6,10-11,13-16H2,1-2H3/t17-/m1/s1. The number of carbonyl (C=O) groups is 1. The van der Waals surface area contributed by atoms with Crippen molar-refractivity contribution in [2.24, 2.45) is 0 Å². The number of carbonyl (C=O) groups excluding carboxylic acids is 1. The molecule has 3 heterocycles. The highest BCUT2D eigenvalue weighted by Crippen LogP contribution is 2.31. The van der Waals surface area contributed by atoms with E-state index in [-0.39, 0.29) is 0 Å². The number of pyridine rings is 1. The van der Waals surface area contributed by atoms with Crippen LogP contribution >= 0.6 is 0 Å². The van der Waals surface area contributed by atoms with Gasteiger partial charge in [-0.3, -0.25) is 14.7 Å². The highest BCUT2D eigenvalue weighted by atomic mass is 16.5. The fourth-order valence-corrected chi connectivity index (χ4v) is 4.59. The number of amides is 1. The summed E-state index contributed by atoms with van der Waals surface area (Å²) >= 11 is 0. The van der Waals surface area contributed by atoms with Crippen molar-refractivity contribution >= 4 is 22.5 Å². The van der Waals surface area contributed by atoms with Crippen LogP contribution in [0.25, 0.3) is 10.9 Å². The van der Waals surface area contributed by atoms with Gasteiger partial charge in [-0.05, 0) is 63.8 Å². The predicted octanol–water partition coefficient (Wildman–Crippen LogP) is 3.52. The second-order valence-electron chi connectivity index (χ2n) is 8.22. The van der Waals surface area contributed by atoms with Gasteiger partial charge in [0.1, 0.15) is 11.3 Å².